The third kappa shape index (κ3) is 3.89. The molecule has 2 aliphatic rings. The molecule has 2 heterocycles. The lowest BCUT2D eigenvalue weighted by molar-refractivity contribution is -0.105. The Labute approximate surface area is 156 Å². The van der Waals surface area contributed by atoms with Crippen LogP contribution in [0.2, 0.25) is 0 Å². The molecule has 7 heteroatoms. The molecule has 1 saturated carbocycles. The van der Waals surface area contributed by atoms with Crippen LogP contribution >= 0.6 is 11.3 Å². The molecule has 0 bridgehead atoms. The molecular weight excluding hydrogens is 348 g/mol. The second kappa shape index (κ2) is 7.88. The molecule has 0 radical (unpaired) electrons. The number of carbonyl (C=O) groups is 1. The van der Waals surface area contributed by atoms with Crippen molar-refractivity contribution in [3.05, 3.63) is 40.4 Å². The molecule has 2 aliphatic carbocycles. The Morgan fingerprint density at radius 3 is 2.85 bits per heavy atom. The van der Waals surface area contributed by atoms with E-state index in [9.17, 15) is 4.79 Å². The minimum atomic E-state index is 0.367. The molecule has 1 N–H and O–H groups in total. The molecule has 1 fully saturated rings. The number of hydrogen-bond donors (Lipinski definition) is 1. The molecular formula is C19H20N4O2S. The fourth-order valence-corrected chi connectivity index (χ4v) is 4.12. The third-order valence-corrected chi connectivity index (χ3v) is 5.56. The number of hydrogen-bond acceptors (Lipinski definition) is 6. The van der Waals surface area contributed by atoms with Crippen molar-refractivity contribution in [1.82, 2.24) is 15.0 Å². The second-order valence-corrected chi connectivity index (χ2v) is 7.44. The fourth-order valence-electron chi connectivity index (χ4n) is 3.24. The first kappa shape index (κ1) is 17.1. The number of ether oxygens (including phenoxy) is 1. The highest BCUT2D eigenvalue weighted by atomic mass is 32.1. The number of fused-ring (bicyclic) bond motifs is 1. The molecule has 1 amide bonds. The van der Waals surface area contributed by atoms with Crippen LogP contribution in [0.4, 0.5) is 5.13 Å². The van der Waals surface area contributed by atoms with Crippen LogP contribution in [0.1, 0.15) is 54.1 Å². The Balaban J connectivity index is 1.48. The van der Waals surface area contributed by atoms with Gasteiger partial charge in [0.2, 0.25) is 6.41 Å². The Morgan fingerprint density at radius 1 is 1.27 bits per heavy atom. The number of allylic oxidation sites excluding steroid dienone is 2. The van der Waals surface area contributed by atoms with Crippen LogP contribution in [0.25, 0.3) is 17.7 Å². The minimum Gasteiger partial charge on any atom is -0.370 e. The Bertz CT molecular complexity index is 836. The summed E-state index contributed by atoms with van der Waals surface area (Å²) in [6.07, 6.45) is 16.5. The van der Waals surface area contributed by atoms with Crippen molar-refractivity contribution in [2.75, 3.05) is 5.32 Å². The van der Waals surface area contributed by atoms with E-state index in [2.05, 4.69) is 32.4 Å². The van der Waals surface area contributed by atoms with Gasteiger partial charge in [0.05, 0.1) is 16.7 Å². The number of rotatable bonds is 6. The number of nitrogens with zero attached hydrogens (tertiary/aromatic N) is 3. The Hall–Kier alpha value is -2.38. The zero-order valence-electron chi connectivity index (χ0n) is 14.4. The van der Waals surface area contributed by atoms with Gasteiger partial charge in [-0.2, -0.15) is 0 Å². The smallest absolute Gasteiger partial charge is 0.213 e. The predicted octanol–water partition coefficient (Wildman–Crippen LogP) is 3.92. The third-order valence-electron chi connectivity index (χ3n) is 4.61. The van der Waals surface area contributed by atoms with Crippen molar-refractivity contribution in [2.24, 2.45) is 0 Å². The first-order chi connectivity index (χ1) is 12.8. The van der Waals surface area contributed by atoms with Crippen molar-refractivity contribution < 1.29 is 9.53 Å². The van der Waals surface area contributed by atoms with E-state index in [4.69, 9.17) is 4.74 Å². The molecule has 0 unspecified atom stereocenters. The molecule has 6 nitrogen and oxygen atoms in total. The SMILES string of the molecule is O=CNc1nc2c(s1)C=C(c1cnc(COC3CCCC3)nc1)CC=C2. The van der Waals surface area contributed by atoms with E-state index in [1.165, 1.54) is 24.2 Å². The van der Waals surface area contributed by atoms with Crippen molar-refractivity contribution >= 4 is 40.6 Å². The van der Waals surface area contributed by atoms with Gasteiger partial charge in [0.15, 0.2) is 11.0 Å². The van der Waals surface area contributed by atoms with E-state index in [-0.39, 0.29) is 0 Å². The van der Waals surface area contributed by atoms with Gasteiger partial charge >= 0.3 is 0 Å². The van der Waals surface area contributed by atoms with Gasteiger partial charge in [-0.15, -0.1) is 0 Å². The summed E-state index contributed by atoms with van der Waals surface area (Å²) in [6.45, 7) is 0.476. The maximum absolute atomic E-state index is 10.6. The Morgan fingerprint density at radius 2 is 2.08 bits per heavy atom. The summed E-state index contributed by atoms with van der Waals surface area (Å²) >= 11 is 1.46. The number of nitrogens with one attached hydrogen (secondary N) is 1. The van der Waals surface area contributed by atoms with Gasteiger partial charge in [0.1, 0.15) is 6.61 Å². The quantitative estimate of drug-likeness (QED) is 0.782. The van der Waals surface area contributed by atoms with Crippen LogP contribution in [-0.4, -0.2) is 27.5 Å². The zero-order valence-corrected chi connectivity index (χ0v) is 15.2. The zero-order chi connectivity index (χ0) is 17.8. The van der Waals surface area contributed by atoms with Crippen LogP contribution in [-0.2, 0) is 16.1 Å². The first-order valence-corrected chi connectivity index (χ1v) is 9.64. The maximum Gasteiger partial charge on any atom is 0.213 e. The summed E-state index contributed by atoms with van der Waals surface area (Å²) in [5, 5.41) is 3.21. The molecule has 0 spiro atoms. The lowest BCUT2D eigenvalue weighted by Crippen LogP contribution is -2.09. The van der Waals surface area contributed by atoms with Gasteiger partial charge in [0.25, 0.3) is 0 Å². The standard InChI is InChI=1S/C19H20N4O2S/c24-12-22-19-23-16-7-3-4-13(8-17(16)26-19)14-9-20-18(21-10-14)11-25-15-5-1-2-6-15/h3,7-10,12,15H,1-2,4-6,11H2,(H,22,23,24). The number of carbonyl (C=O) groups excluding carboxylic acids is 1. The van der Waals surface area contributed by atoms with Crippen LogP contribution < -0.4 is 5.32 Å². The lowest BCUT2D eigenvalue weighted by Gasteiger charge is -2.10. The van der Waals surface area contributed by atoms with Gasteiger partial charge in [-0.05, 0) is 37.0 Å². The van der Waals surface area contributed by atoms with E-state index in [0.717, 1.165) is 46.8 Å². The van der Waals surface area contributed by atoms with Crippen molar-refractivity contribution in [3.63, 3.8) is 0 Å². The topological polar surface area (TPSA) is 77.0 Å². The maximum atomic E-state index is 10.6. The monoisotopic (exact) mass is 368 g/mol. The molecule has 2 aromatic rings. The molecule has 4 rings (SSSR count). The van der Waals surface area contributed by atoms with Crippen LogP contribution in [0.15, 0.2) is 18.5 Å². The lowest BCUT2D eigenvalue weighted by atomic mass is 10.1. The fraction of sp³-hybridized carbons (Fsp3) is 0.368. The van der Waals surface area contributed by atoms with E-state index < -0.39 is 0 Å². The van der Waals surface area contributed by atoms with Gasteiger partial charge in [-0.25, -0.2) is 15.0 Å². The first-order valence-electron chi connectivity index (χ1n) is 8.83. The van der Waals surface area contributed by atoms with Crippen molar-refractivity contribution in [2.45, 2.75) is 44.8 Å². The summed E-state index contributed by atoms with van der Waals surface area (Å²) in [5.74, 6) is 0.723. The van der Waals surface area contributed by atoms with E-state index in [1.54, 1.807) is 0 Å². The molecule has 0 aromatic carbocycles. The van der Waals surface area contributed by atoms with Gasteiger partial charge in [-0.3, -0.25) is 4.79 Å². The van der Waals surface area contributed by atoms with E-state index in [0.29, 0.717) is 24.3 Å². The average Bonchev–Trinajstić information content (AvgIpc) is 3.26. The van der Waals surface area contributed by atoms with Crippen LogP contribution in [0.5, 0.6) is 0 Å². The summed E-state index contributed by atoms with van der Waals surface area (Å²) < 4.78 is 5.87. The van der Waals surface area contributed by atoms with Crippen molar-refractivity contribution in [3.8, 4) is 0 Å². The van der Waals surface area contributed by atoms with Crippen LogP contribution in [0, 0.1) is 0 Å². The Kier molecular flexibility index (Phi) is 5.17. The van der Waals surface area contributed by atoms with Gasteiger partial charge < -0.3 is 10.1 Å². The molecule has 0 saturated heterocycles. The predicted molar refractivity (Wildman–Crippen MR) is 102 cm³/mol. The second-order valence-electron chi connectivity index (χ2n) is 6.41. The van der Waals surface area contributed by atoms with Gasteiger partial charge in [-0.1, -0.05) is 30.3 Å². The summed E-state index contributed by atoms with van der Waals surface area (Å²) in [6, 6.07) is 0. The molecule has 134 valence electrons. The molecule has 26 heavy (non-hydrogen) atoms. The van der Waals surface area contributed by atoms with Gasteiger partial charge in [0, 0.05) is 18.0 Å². The molecule has 2 aromatic heterocycles. The van der Waals surface area contributed by atoms with E-state index >= 15 is 0 Å². The highest BCUT2D eigenvalue weighted by molar-refractivity contribution is 7.16. The number of anilines is 1. The molecule has 0 aliphatic heterocycles. The number of aromatic nitrogens is 3. The summed E-state index contributed by atoms with van der Waals surface area (Å²) in [5.41, 5.74) is 2.99. The van der Waals surface area contributed by atoms with E-state index in [1.807, 2.05) is 18.5 Å². The highest BCUT2D eigenvalue weighted by Gasteiger charge is 2.16. The summed E-state index contributed by atoms with van der Waals surface area (Å²) in [7, 11) is 0. The van der Waals surface area contributed by atoms with Crippen LogP contribution in [0.3, 0.4) is 0 Å². The largest absolute Gasteiger partial charge is 0.370 e. The highest BCUT2D eigenvalue weighted by Crippen LogP contribution is 2.32. The normalized spacial score (nSPS) is 16.8. The molecule has 0 atom stereocenters. The minimum absolute atomic E-state index is 0.367. The summed E-state index contributed by atoms with van der Waals surface area (Å²) in [4.78, 5) is 25.0. The number of thiazole rings is 1. The average molecular weight is 368 g/mol. The van der Waals surface area contributed by atoms with Crippen molar-refractivity contribution in [1.29, 1.82) is 0 Å². The number of amides is 1.